The van der Waals surface area contributed by atoms with Gasteiger partial charge in [-0.15, -0.1) is 11.3 Å². The predicted molar refractivity (Wildman–Crippen MR) is 75.1 cm³/mol. The maximum absolute atomic E-state index is 12.3. The third-order valence-electron chi connectivity index (χ3n) is 3.65. The number of nitrogens with one attached hydrogen (secondary N) is 1. The largest absolute Gasteiger partial charge is 0.409 e. The molecule has 0 atom stereocenters. The van der Waals surface area contributed by atoms with Gasteiger partial charge in [-0.25, -0.2) is 0 Å². The summed E-state index contributed by atoms with van der Waals surface area (Å²) in [7, 11) is 0. The topological polar surface area (TPSA) is 87.7 Å². The van der Waals surface area contributed by atoms with E-state index in [2.05, 4.69) is 17.4 Å². The Balaban J connectivity index is 2.01. The summed E-state index contributed by atoms with van der Waals surface area (Å²) in [5.41, 5.74) is 4.87. The Kier molecular flexibility index (Phi) is 3.80. The van der Waals surface area contributed by atoms with Gasteiger partial charge in [0.25, 0.3) is 0 Å². The standard InChI is InChI=1S/C13H19N3O2S/c1-8-5-13(6-8,11(14)16-18)12(17)15-7-10-4-3-9(2)19-10/h3-4,8,18H,5-7H2,1-2H3,(H2,14,16)(H,15,17). The number of amidine groups is 1. The van der Waals surface area contributed by atoms with Gasteiger partial charge >= 0.3 is 0 Å². The molecule has 0 bridgehead atoms. The Hall–Kier alpha value is -1.56. The van der Waals surface area contributed by atoms with Crippen LogP contribution in [0.5, 0.6) is 0 Å². The van der Waals surface area contributed by atoms with Crippen LogP contribution >= 0.6 is 11.3 Å². The molecule has 19 heavy (non-hydrogen) atoms. The zero-order valence-electron chi connectivity index (χ0n) is 11.1. The molecule has 1 fully saturated rings. The summed E-state index contributed by atoms with van der Waals surface area (Å²) in [6.07, 6.45) is 1.27. The maximum atomic E-state index is 12.3. The lowest BCUT2D eigenvalue weighted by Gasteiger charge is -2.43. The van der Waals surface area contributed by atoms with E-state index in [1.54, 1.807) is 11.3 Å². The zero-order valence-corrected chi connectivity index (χ0v) is 12.0. The van der Waals surface area contributed by atoms with Gasteiger partial charge in [-0.05, 0) is 37.8 Å². The fraction of sp³-hybridized carbons (Fsp3) is 0.538. The molecule has 2 rings (SSSR count). The van der Waals surface area contributed by atoms with E-state index in [-0.39, 0.29) is 11.7 Å². The van der Waals surface area contributed by atoms with Crippen molar-refractivity contribution in [2.24, 2.45) is 22.2 Å². The fourth-order valence-electron chi connectivity index (χ4n) is 2.65. The minimum absolute atomic E-state index is 0.0189. The highest BCUT2D eigenvalue weighted by atomic mass is 32.1. The van der Waals surface area contributed by atoms with Crippen molar-refractivity contribution in [3.8, 4) is 0 Å². The van der Waals surface area contributed by atoms with Gasteiger partial charge in [-0.3, -0.25) is 4.79 Å². The SMILES string of the molecule is Cc1ccc(CNC(=O)C2(/C(N)=N/O)CC(C)C2)s1. The lowest BCUT2D eigenvalue weighted by atomic mass is 9.61. The molecule has 0 spiro atoms. The number of amides is 1. The molecule has 5 nitrogen and oxygen atoms in total. The Labute approximate surface area is 116 Å². The molecule has 0 saturated heterocycles. The van der Waals surface area contributed by atoms with Crippen LogP contribution in [0, 0.1) is 18.3 Å². The van der Waals surface area contributed by atoms with E-state index in [1.807, 2.05) is 19.1 Å². The Morgan fingerprint density at radius 2 is 2.32 bits per heavy atom. The van der Waals surface area contributed by atoms with Gasteiger partial charge < -0.3 is 16.3 Å². The molecule has 1 amide bonds. The summed E-state index contributed by atoms with van der Waals surface area (Å²) < 4.78 is 0. The molecule has 104 valence electrons. The van der Waals surface area contributed by atoms with Crippen molar-refractivity contribution in [1.29, 1.82) is 0 Å². The maximum Gasteiger partial charge on any atom is 0.234 e. The minimum atomic E-state index is -0.819. The number of aryl methyl sites for hydroxylation is 1. The van der Waals surface area contributed by atoms with Crippen LogP contribution in [-0.4, -0.2) is 17.0 Å². The summed E-state index contributed by atoms with van der Waals surface area (Å²) in [6, 6.07) is 4.02. The number of carbonyl (C=O) groups excluding carboxylic acids is 1. The fourth-order valence-corrected chi connectivity index (χ4v) is 3.48. The van der Waals surface area contributed by atoms with E-state index in [4.69, 9.17) is 10.9 Å². The van der Waals surface area contributed by atoms with Crippen molar-refractivity contribution < 1.29 is 10.0 Å². The van der Waals surface area contributed by atoms with Crippen molar-refractivity contribution in [3.63, 3.8) is 0 Å². The quantitative estimate of drug-likeness (QED) is 0.340. The number of rotatable bonds is 4. The van der Waals surface area contributed by atoms with E-state index < -0.39 is 5.41 Å². The highest BCUT2D eigenvalue weighted by Crippen LogP contribution is 2.45. The smallest absolute Gasteiger partial charge is 0.234 e. The number of thiophene rings is 1. The third-order valence-corrected chi connectivity index (χ3v) is 4.65. The van der Waals surface area contributed by atoms with Crippen LogP contribution < -0.4 is 11.1 Å². The lowest BCUT2D eigenvalue weighted by molar-refractivity contribution is -0.133. The van der Waals surface area contributed by atoms with Crippen LogP contribution in [0.1, 0.15) is 29.5 Å². The second-order valence-corrected chi connectivity index (χ2v) is 6.65. The molecular formula is C13H19N3O2S. The third kappa shape index (κ3) is 2.58. The molecule has 0 aromatic carbocycles. The number of oxime groups is 1. The van der Waals surface area contributed by atoms with Gasteiger partial charge in [0, 0.05) is 9.75 Å². The molecule has 1 aliphatic rings. The van der Waals surface area contributed by atoms with Crippen molar-refractivity contribution in [3.05, 3.63) is 21.9 Å². The average molecular weight is 281 g/mol. The summed E-state index contributed by atoms with van der Waals surface area (Å²) in [4.78, 5) is 14.6. The average Bonchev–Trinajstić information content (AvgIpc) is 2.76. The Morgan fingerprint density at radius 1 is 1.63 bits per heavy atom. The first-order chi connectivity index (χ1) is 8.98. The summed E-state index contributed by atoms with van der Waals surface area (Å²) in [6.45, 7) is 4.58. The summed E-state index contributed by atoms with van der Waals surface area (Å²) >= 11 is 1.66. The molecule has 1 aliphatic carbocycles. The molecular weight excluding hydrogens is 262 g/mol. The van der Waals surface area contributed by atoms with Gasteiger partial charge in [0.15, 0.2) is 5.84 Å². The van der Waals surface area contributed by atoms with E-state index >= 15 is 0 Å². The molecule has 1 aromatic rings. The first kappa shape index (κ1) is 13.9. The van der Waals surface area contributed by atoms with Crippen molar-refractivity contribution in [2.75, 3.05) is 0 Å². The molecule has 0 unspecified atom stereocenters. The first-order valence-corrected chi connectivity index (χ1v) is 7.11. The number of nitrogens with zero attached hydrogens (tertiary/aromatic N) is 1. The number of hydrogen-bond acceptors (Lipinski definition) is 4. The summed E-state index contributed by atoms with van der Waals surface area (Å²) in [5, 5.41) is 14.8. The lowest BCUT2D eigenvalue weighted by Crippen LogP contribution is -2.56. The molecule has 1 heterocycles. The monoisotopic (exact) mass is 281 g/mol. The Morgan fingerprint density at radius 3 is 2.79 bits per heavy atom. The van der Waals surface area contributed by atoms with Gasteiger partial charge in [0.2, 0.25) is 5.91 Å². The highest BCUT2D eigenvalue weighted by molar-refractivity contribution is 7.11. The van der Waals surface area contributed by atoms with Gasteiger partial charge in [-0.1, -0.05) is 12.1 Å². The van der Waals surface area contributed by atoms with Gasteiger partial charge in [-0.2, -0.15) is 0 Å². The van der Waals surface area contributed by atoms with Crippen LogP contribution in [0.3, 0.4) is 0 Å². The molecule has 4 N–H and O–H groups in total. The second-order valence-electron chi connectivity index (χ2n) is 5.28. The van der Waals surface area contributed by atoms with Crippen LogP contribution in [0.2, 0.25) is 0 Å². The summed E-state index contributed by atoms with van der Waals surface area (Å²) in [5.74, 6) is 0.299. The minimum Gasteiger partial charge on any atom is -0.409 e. The van der Waals surface area contributed by atoms with Crippen LogP contribution in [-0.2, 0) is 11.3 Å². The first-order valence-electron chi connectivity index (χ1n) is 6.29. The molecule has 0 aliphatic heterocycles. The molecule has 1 saturated carbocycles. The number of hydrogen-bond donors (Lipinski definition) is 3. The van der Waals surface area contributed by atoms with Crippen molar-refractivity contribution >= 4 is 23.1 Å². The van der Waals surface area contributed by atoms with Crippen LogP contribution in [0.4, 0.5) is 0 Å². The van der Waals surface area contributed by atoms with E-state index in [0.717, 1.165) is 4.88 Å². The predicted octanol–water partition coefficient (Wildman–Crippen LogP) is 1.84. The molecule has 0 radical (unpaired) electrons. The molecule has 1 aromatic heterocycles. The molecule has 6 heteroatoms. The van der Waals surface area contributed by atoms with Crippen LogP contribution in [0.25, 0.3) is 0 Å². The zero-order chi connectivity index (χ0) is 14.0. The van der Waals surface area contributed by atoms with E-state index in [1.165, 1.54) is 4.88 Å². The second kappa shape index (κ2) is 5.21. The highest BCUT2D eigenvalue weighted by Gasteiger charge is 2.52. The van der Waals surface area contributed by atoms with Crippen LogP contribution in [0.15, 0.2) is 17.3 Å². The van der Waals surface area contributed by atoms with E-state index in [9.17, 15) is 4.79 Å². The van der Waals surface area contributed by atoms with Crippen molar-refractivity contribution in [1.82, 2.24) is 5.32 Å². The van der Waals surface area contributed by atoms with Crippen molar-refractivity contribution in [2.45, 2.75) is 33.2 Å². The van der Waals surface area contributed by atoms with Gasteiger partial charge in [0.1, 0.15) is 5.41 Å². The number of carbonyl (C=O) groups is 1. The Bertz CT molecular complexity index is 504. The number of nitrogens with two attached hydrogens (primary N) is 1. The van der Waals surface area contributed by atoms with E-state index in [0.29, 0.717) is 25.3 Å². The van der Waals surface area contributed by atoms with Gasteiger partial charge in [0.05, 0.1) is 6.54 Å². The normalized spacial score (nSPS) is 26.8.